The lowest BCUT2D eigenvalue weighted by molar-refractivity contribution is -0.147. The minimum atomic E-state index is -0.777. The Morgan fingerprint density at radius 3 is 2.15 bits per heavy atom. The molecule has 296 valence electrons. The summed E-state index contributed by atoms with van der Waals surface area (Å²) >= 11 is 0. The monoisotopic (exact) mass is 735 g/mol. The Morgan fingerprint density at radius 2 is 1.63 bits per heavy atom. The first-order chi connectivity index (χ1) is 24.6. The van der Waals surface area contributed by atoms with Crippen LogP contribution < -0.4 is 16.0 Å². The van der Waals surface area contributed by atoms with E-state index in [0.717, 1.165) is 12.0 Å². The van der Waals surface area contributed by atoms with Gasteiger partial charge in [0.1, 0.15) is 11.9 Å². The van der Waals surface area contributed by atoms with Crippen molar-refractivity contribution in [2.24, 2.45) is 23.7 Å². The summed E-state index contributed by atoms with van der Waals surface area (Å²) in [6, 6.07) is 4.11. The Labute approximate surface area is 311 Å². The molecule has 1 saturated heterocycles. The summed E-state index contributed by atoms with van der Waals surface area (Å²) in [5.41, 5.74) is 0.778. The van der Waals surface area contributed by atoms with Crippen LogP contribution in [0.15, 0.2) is 24.3 Å². The summed E-state index contributed by atoms with van der Waals surface area (Å²) < 4.78 is 31.2. The molecule has 3 N–H and O–H groups in total. The molecule has 1 aromatic rings. The average molecular weight is 736 g/mol. The van der Waals surface area contributed by atoms with Crippen molar-refractivity contribution in [3.05, 3.63) is 35.6 Å². The smallest absolute Gasteiger partial charge is 0.245 e. The first-order valence-corrected chi connectivity index (χ1v) is 18.7. The highest BCUT2D eigenvalue weighted by Crippen LogP contribution is 2.31. The van der Waals surface area contributed by atoms with Gasteiger partial charge in [0, 0.05) is 41.5 Å². The number of methoxy groups -OCH3 is 3. The maximum Gasteiger partial charge on any atom is 0.245 e. The van der Waals surface area contributed by atoms with Gasteiger partial charge in [0.25, 0.3) is 0 Å². The molecule has 1 aliphatic heterocycles. The van der Waals surface area contributed by atoms with Crippen molar-refractivity contribution in [1.29, 1.82) is 0 Å². The van der Waals surface area contributed by atoms with Gasteiger partial charge in [-0.15, -0.1) is 0 Å². The number of halogens is 1. The zero-order chi connectivity index (χ0) is 39.3. The summed E-state index contributed by atoms with van der Waals surface area (Å²) in [6.45, 7) is 14.1. The molecule has 13 heteroatoms. The quantitative estimate of drug-likeness (QED) is 0.175. The van der Waals surface area contributed by atoms with Gasteiger partial charge in [0.05, 0.1) is 48.8 Å². The van der Waals surface area contributed by atoms with Crippen molar-refractivity contribution in [3.63, 3.8) is 0 Å². The second-order valence-corrected chi connectivity index (χ2v) is 14.9. The van der Waals surface area contributed by atoms with Crippen LogP contribution in [0.5, 0.6) is 0 Å². The molecule has 1 aliphatic rings. The summed E-state index contributed by atoms with van der Waals surface area (Å²) in [7, 11) is 8.11. The Balaban J connectivity index is 2.28. The number of nitrogens with one attached hydrogen (secondary N) is 3. The average Bonchev–Trinajstić information content (AvgIpc) is 3.54. The summed E-state index contributed by atoms with van der Waals surface area (Å²) in [5.74, 6) is -2.07. The lowest BCUT2D eigenvalue weighted by Gasteiger charge is -2.41. The van der Waals surface area contributed by atoms with Crippen LogP contribution in [0.3, 0.4) is 0 Å². The number of likely N-dealkylation sites (tertiary alicyclic amines) is 1. The second-order valence-electron chi connectivity index (χ2n) is 14.9. The highest BCUT2D eigenvalue weighted by atomic mass is 19.1. The van der Waals surface area contributed by atoms with E-state index < -0.39 is 42.3 Å². The van der Waals surface area contributed by atoms with Crippen LogP contribution >= 0.6 is 0 Å². The molecule has 0 aromatic heterocycles. The number of nitrogens with zero attached hydrogens (tertiary/aromatic N) is 2. The second kappa shape index (κ2) is 21.5. The van der Waals surface area contributed by atoms with Gasteiger partial charge in [0.2, 0.25) is 23.6 Å². The number of carbonyl (C=O) groups is 4. The zero-order valence-corrected chi connectivity index (χ0v) is 33.5. The predicted molar refractivity (Wildman–Crippen MR) is 200 cm³/mol. The molecule has 0 spiro atoms. The molecule has 1 heterocycles. The lowest BCUT2D eigenvalue weighted by Crippen LogP contribution is -2.59. The number of benzene rings is 1. The van der Waals surface area contributed by atoms with Crippen molar-refractivity contribution in [2.45, 2.75) is 117 Å². The molecular formula is C39H66FN5O7. The van der Waals surface area contributed by atoms with Crippen molar-refractivity contribution < 1.29 is 37.8 Å². The van der Waals surface area contributed by atoms with Crippen LogP contribution in [-0.4, -0.2) is 124 Å². The predicted octanol–water partition coefficient (Wildman–Crippen LogP) is 3.41. The molecule has 0 saturated carbocycles. The SMILES string of the molecule is CC[C@H](C)[C@@H]([C@@H](CC(=O)N1C[C@H](OC)CC1[C@H](OC)[C@@H](C)C(=O)NCCc1cccc(F)c1)OC)N(C)C(=O)[C@@H](NC(=O)[C@@H](NC)C(C)C)C(C)C. The molecule has 1 unspecified atom stereocenters. The molecule has 0 bridgehead atoms. The molecular weight excluding hydrogens is 669 g/mol. The molecule has 0 aliphatic carbocycles. The van der Waals surface area contributed by atoms with Gasteiger partial charge < -0.3 is 40.0 Å². The Hall–Kier alpha value is -3.13. The number of likely N-dealkylation sites (N-methyl/N-ethyl adjacent to an activating group) is 2. The number of hydrogen-bond acceptors (Lipinski definition) is 8. The van der Waals surface area contributed by atoms with E-state index in [2.05, 4.69) is 16.0 Å². The highest BCUT2D eigenvalue weighted by Gasteiger charge is 2.45. The number of ether oxygens (including phenoxy) is 3. The normalized spacial score (nSPS) is 20.2. The van der Waals surface area contributed by atoms with E-state index in [1.807, 2.05) is 47.6 Å². The van der Waals surface area contributed by atoms with Crippen LogP contribution in [0.1, 0.15) is 73.3 Å². The van der Waals surface area contributed by atoms with E-state index in [1.54, 1.807) is 51.1 Å². The summed E-state index contributed by atoms with van der Waals surface area (Å²) in [4.78, 5) is 58.3. The van der Waals surface area contributed by atoms with Crippen LogP contribution in [0.25, 0.3) is 0 Å². The van der Waals surface area contributed by atoms with Crippen LogP contribution in [-0.2, 0) is 39.8 Å². The van der Waals surface area contributed by atoms with Crippen LogP contribution in [0, 0.1) is 29.5 Å². The number of amides is 4. The van der Waals surface area contributed by atoms with Crippen molar-refractivity contribution >= 4 is 23.6 Å². The standard InChI is InChI=1S/C39H66FN5O7/c1-13-25(6)35(44(9)39(49)34(24(4)5)43-38(48)33(41-8)23(2)3)31(51-11)21-32(46)45-22-29(50-10)20-30(45)36(52-12)26(7)37(47)42-18-17-27-15-14-16-28(40)19-27/h14-16,19,23-26,29-31,33-36,41H,13,17-18,20-22H2,1-12H3,(H,42,47)(H,43,48)/t25-,26+,29+,30?,31+,33-,34-,35-,36+/m0/s1. The van der Waals surface area contributed by atoms with E-state index in [0.29, 0.717) is 25.9 Å². The number of rotatable bonds is 21. The van der Waals surface area contributed by atoms with E-state index in [4.69, 9.17) is 14.2 Å². The van der Waals surface area contributed by atoms with Gasteiger partial charge in [-0.3, -0.25) is 19.2 Å². The van der Waals surface area contributed by atoms with Crippen LogP contribution in [0.4, 0.5) is 4.39 Å². The van der Waals surface area contributed by atoms with E-state index in [-0.39, 0.29) is 59.7 Å². The fourth-order valence-corrected chi connectivity index (χ4v) is 7.38. The largest absolute Gasteiger partial charge is 0.380 e. The minimum Gasteiger partial charge on any atom is -0.380 e. The van der Waals surface area contributed by atoms with Crippen molar-refractivity contribution in [2.75, 3.05) is 48.5 Å². The van der Waals surface area contributed by atoms with Gasteiger partial charge in [-0.05, 0) is 55.3 Å². The van der Waals surface area contributed by atoms with Crippen LogP contribution in [0.2, 0.25) is 0 Å². The lowest BCUT2D eigenvalue weighted by atomic mass is 9.89. The summed E-state index contributed by atoms with van der Waals surface area (Å²) in [5, 5.41) is 8.96. The Kier molecular flexibility index (Phi) is 18.7. The maximum atomic E-state index is 14.3. The van der Waals surface area contributed by atoms with Gasteiger partial charge >= 0.3 is 0 Å². The fraction of sp³-hybridized carbons (Fsp3) is 0.744. The molecule has 52 heavy (non-hydrogen) atoms. The van der Waals surface area contributed by atoms with E-state index in [1.165, 1.54) is 19.2 Å². The third kappa shape index (κ3) is 11.9. The van der Waals surface area contributed by atoms with E-state index >= 15 is 0 Å². The molecule has 12 nitrogen and oxygen atoms in total. The highest BCUT2D eigenvalue weighted by molar-refractivity contribution is 5.90. The molecule has 2 rings (SSSR count). The fourth-order valence-electron chi connectivity index (χ4n) is 7.38. The maximum absolute atomic E-state index is 14.3. The summed E-state index contributed by atoms with van der Waals surface area (Å²) in [6.07, 6.45) is 0.108. The first kappa shape index (κ1) is 45.0. The molecule has 4 amide bonds. The number of carbonyl (C=O) groups excluding carboxylic acids is 4. The van der Waals surface area contributed by atoms with Crippen molar-refractivity contribution in [1.82, 2.24) is 25.8 Å². The molecule has 1 aromatic carbocycles. The van der Waals surface area contributed by atoms with Gasteiger partial charge in [-0.2, -0.15) is 0 Å². The number of hydrogen-bond donors (Lipinski definition) is 3. The van der Waals surface area contributed by atoms with Gasteiger partial charge in [0.15, 0.2) is 0 Å². The van der Waals surface area contributed by atoms with Gasteiger partial charge in [-0.1, -0.05) is 67.0 Å². The Bertz CT molecular complexity index is 1300. The van der Waals surface area contributed by atoms with E-state index in [9.17, 15) is 23.6 Å². The first-order valence-electron chi connectivity index (χ1n) is 18.7. The Morgan fingerprint density at radius 1 is 0.981 bits per heavy atom. The van der Waals surface area contributed by atoms with Gasteiger partial charge in [-0.25, -0.2) is 4.39 Å². The third-order valence-corrected chi connectivity index (χ3v) is 10.7. The third-order valence-electron chi connectivity index (χ3n) is 10.7. The molecule has 1 fully saturated rings. The van der Waals surface area contributed by atoms with Crippen molar-refractivity contribution in [3.8, 4) is 0 Å². The molecule has 9 atom stereocenters. The topological polar surface area (TPSA) is 139 Å². The minimum absolute atomic E-state index is 0.0193. The zero-order valence-electron chi connectivity index (χ0n) is 33.5. The molecule has 0 radical (unpaired) electrons.